The SMILES string of the molecule is NC(=NO)c1cnc(N2CCc3ccccc32)cn1. The zero-order valence-corrected chi connectivity index (χ0v) is 10.2. The van der Waals surface area contributed by atoms with E-state index in [1.54, 1.807) is 6.20 Å². The minimum absolute atomic E-state index is 0.0409. The number of para-hydroxylation sites is 1. The van der Waals surface area contributed by atoms with Crippen LogP contribution in [0.4, 0.5) is 11.5 Å². The molecule has 0 saturated heterocycles. The van der Waals surface area contributed by atoms with Gasteiger partial charge in [0.05, 0.1) is 12.4 Å². The monoisotopic (exact) mass is 255 g/mol. The van der Waals surface area contributed by atoms with Crippen LogP contribution < -0.4 is 10.6 Å². The van der Waals surface area contributed by atoms with Gasteiger partial charge in [0.25, 0.3) is 0 Å². The lowest BCUT2D eigenvalue weighted by Crippen LogP contribution is -2.18. The van der Waals surface area contributed by atoms with Crippen molar-refractivity contribution in [2.24, 2.45) is 10.9 Å². The number of hydrogen-bond donors (Lipinski definition) is 2. The number of anilines is 2. The molecule has 0 radical (unpaired) electrons. The Bertz CT molecular complexity index is 623. The molecule has 3 N–H and O–H groups in total. The summed E-state index contributed by atoms with van der Waals surface area (Å²) in [7, 11) is 0. The van der Waals surface area contributed by atoms with Gasteiger partial charge in [-0.2, -0.15) is 0 Å². The standard InChI is InChI=1S/C13H13N5O/c14-13(17-19)10-7-16-12(8-15-10)18-6-5-9-3-1-2-4-11(9)18/h1-4,7-8,19H,5-6H2,(H2,14,17). The van der Waals surface area contributed by atoms with Crippen molar-refractivity contribution in [2.75, 3.05) is 11.4 Å². The van der Waals surface area contributed by atoms with Crippen molar-refractivity contribution in [3.05, 3.63) is 47.9 Å². The molecule has 1 aromatic carbocycles. The van der Waals surface area contributed by atoms with Crippen molar-refractivity contribution in [1.29, 1.82) is 0 Å². The van der Waals surface area contributed by atoms with E-state index in [0.29, 0.717) is 5.69 Å². The van der Waals surface area contributed by atoms with E-state index in [1.807, 2.05) is 12.1 Å². The number of fused-ring (bicyclic) bond motifs is 1. The van der Waals surface area contributed by atoms with Gasteiger partial charge in [0.15, 0.2) is 11.7 Å². The smallest absolute Gasteiger partial charge is 0.190 e. The van der Waals surface area contributed by atoms with E-state index in [2.05, 4.69) is 32.2 Å². The molecule has 0 spiro atoms. The molecule has 0 atom stereocenters. The predicted molar refractivity (Wildman–Crippen MR) is 71.7 cm³/mol. The molecule has 96 valence electrons. The van der Waals surface area contributed by atoms with Crippen molar-refractivity contribution in [3.63, 3.8) is 0 Å². The summed E-state index contributed by atoms with van der Waals surface area (Å²) < 4.78 is 0. The third kappa shape index (κ3) is 1.97. The maximum atomic E-state index is 8.58. The predicted octanol–water partition coefficient (Wildman–Crippen LogP) is 1.27. The van der Waals surface area contributed by atoms with Crippen LogP contribution in [-0.2, 0) is 6.42 Å². The third-order valence-electron chi connectivity index (χ3n) is 3.17. The van der Waals surface area contributed by atoms with Gasteiger partial charge < -0.3 is 15.8 Å². The van der Waals surface area contributed by atoms with Gasteiger partial charge in [-0.25, -0.2) is 9.97 Å². The fourth-order valence-corrected chi connectivity index (χ4v) is 2.22. The van der Waals surface area contributed by atoms with Crippen molar-refractivity contribution in [2.45, 2.75) is 6.42 Å². The highest BCUT2D eigenvalue weighted by molar-refractivity contribution is 5.94. The van der Waals surface area contributed by atoms with Crippen LogP contribution in [0.3, 0.4) is 0 Å². The molecular formula is C13H13N5O. The molecule has 0 saturated carbocycles. The van der Waals surface area contributed by atoms with E-state index in [0.717, 1.165) is 24.5 Å². The summed E-state index contributed by atoms with van der Waals surface area (Å²) in [4.78, 5) is 10.6. The molecule has 19 heavy (non-hydrogen) atoms. The summed E-state index contributed by atoms with van der Waals surface area (Å²) in [6.07, 6.45) is 4.14. The summed E-state index contributed by atoms with van der Waals surface area (Å²) in [6.45, 7) is 0.886. The molecule has 6 heteroatoms. The molecule has 0 amide bonds. The molecule has 0 fully saturated rings. The molecule has 1 aliphatic rings. The number of rotatable bonds is 2. The summed E-state index contributed by atoms with van der Waals surface area (Å²) in [5.74, 6) is 0.723. The van der Waals surface area contributed by atoms with Crippen LogP contribution in [-0.4, -0.2) is 27.6 Å². The van der Waals surface area contributed by atoms with Crippen LogP contribution in [0.1, 0.15) is 11.3 Å². The number of nitrogens with zero attached hydrogens (tertiary/aromatic N) is 4. The van der Waals surface area contributed by atoms with Gasteiger partial charge in [-0.1, -0.05) is 23.4 Å². The van der Waals surface area contributed by atoms with E-state index in [9.17, 15) is 0 Å². The molecule has 0 aliphatic carbocycles. The minimum Gasteiger partial charge on any atom is -0.409 e. The number of hydrogen-bond acceptors (Lipinski definition) is 5. The van der Waals surface area contributed by atoms with Crippen molar-refractivity contribution < 1.29 is 5.21 Å². The Balaban J connectivity index is 1.92. The maximum Gasteiger partial charge on any atom is 0.190 e. The molecule has 1 aromatic heterocycles. The molecule has 2 heterocycles. The van der Waals surface area contributed by atoms with Gasteiger partial charge in [0.2, 0.25) is 0 Å². The van der Waals surface area contributed by atoms with Crippen molar-refractivity contribution in [3.8, 4) is 0 Å². The highest BCUT2D eigenvalue weighted by Gasteiger charge is 2.20. The molecule has 3 rings (SSSR count). The Morgan fingerprint density at radius 2 is 2.11 bits per heavy atom. The van der Waals surface area contributed by atoms with Gasteiger partial charge in [-0.05, 0) is 18.1 Å². The number of oxime groups is 1. The average Bonchev–Trinajstić information content (AvgIpc) is 2.90. The lowest BCUT2D eigenvalue weighted by molar-refractivity contribution is 0.318. The second kappa shape index (κ2) is 4.56. The van der Waals surface area contributed by atoms with Crippen LogP contribution >= 0.6 is 0 Å². The zero-order chi connectivity index (χ0) is 13.2. The second-order valence-corrected chi connectivity index (χ2v) is 4.28. The number of benzene rings is 1. The van der Waals surface area contributed by atoms with E-state index < -0.39 is 0 Å². The van der Waals surface area contributed by atoms with Crippen LogP contribution in [0.5, 0.6) is 0 Å². The van der Waals surface area contributed by atoms with E-state index in [4.69, 9.17) is 10.9 Å². The summed E-state index contributed by atoms with van der Waals surface area (Å²) in [5.41, 5.74) is 8.29. The largest absolute Gasteiger partial charge is 0.409 e. The van der Waals surface area contributed by atoms with Gasteiger partial charge in [-0.15, -0.1) is 0 Å². The first-order valence-corrected chi connectivity index (χ1v) is 5.95. The summed E-state index contributed by atoms with van der Waals surface area (Å²) in [6, 6.07) is 8.24. The quantitative estimate of drug-likeness (QED) is 0.365. The fourth-order valence-electron chi connectivity index (χ4n) is 2.22. The minimum atomic E-state index is -0.0409. The first-order valence-electron chi connectivity index (χ1n) is 5.95. The van der Waals surface area contributed by atoms with Gasteiger partial charge in [-0.3, -0.25) is 0 Å². The number of amidine groups is 1. The van der Waals surface area contributed by atoms with Gasteiger partial charge in [0.1, 0.15) is 5.69 Å². The first-order chi connectivity index (χ1) is 9.29. The van der Waals surface area contributed by atoms with Crippen molar-refractivity contribution >= 4 is 17.3 Å². The number of aromatic nitrogens is 2. The molecule has 0 bridgehead atoms. The Hall–Kier alpha value is -2.63. The summed E-state index contributed by atoms with van der Waals surface area (Å²) in [5, 5.41) is 11.5. The molecule has 2 aromatic rings. The molecule has 0 unspecified atom stereocenters. The summed E-state index contributed by atoms with van der Waals surface area (Å²) >= 11 is 0. The molecular weight excluding hydrogens is 242 g/mol. The Morgan fingerprint density at radius 3 is 2.84 bits per heavy atom. The lowest BCUT2D eigenvalue weighted by Gasteiger charge is -2.17. The highest BCUT2D eigenvalue weighted by Crippen LogP contribution is 2.32. The molecule has 6 nitrogen and oxygen atoms in total. The Kier molecular flexibility index (Phi) is 2.75. The maximum absolute atomic E-state index is 8.58. The van der Waals surface area contributed by atoms with Crippen LogP contribution in [0.25, 0.3) is 0 Å². The lowest BCUT2D eigenvalue weighted by atomic mass is 10.2. The number of nitrogens with two attached hydrogens (primary N) is 1. The third-order valence-corrected chi connectivity index (χ3v) is 3.17. The highest BCUT2D eigenvalue weighted by atomic mass is 16.4. The first kappa shape index (κ1) is 11.5. The van der Waals surface area contributed by atoms with Crippen molar-refractivity contribution in [1.82, 2.24) is 9.97 Å². The normalized spacial score (nSPS) is 14.5. The van der Waals surface area contributed by atoms with E-state index in [-0.39, 0.29) is 5.84 Å². The van der Waals surface area contributed by atoms with Crippen LogP contribution in [0.15, 0.2) is 41.8 Å². The van der Waals surface area contributed by atoms with Gasteiger partial charge in [0, 0.05) is 12.2 Å². The topological polar surface area (TPSA) is 87.6 Å². The zero-order valence-electron chi connectivity index (χ0n) is 10.2. The fraction of sp³-hybridized carbons (Fsp3) is 0.154. The van der Waals surface area contributed by atoms with Crippen LogP contribution in [0, 0.1) is 0 Å². The van der Waals surface area contributed by atoms with Crippen LogP contribution in [0.2, 0.25) is 0 Å². The van der Waals surface area contributed by atoms with E-state index in [1.165, 1.54) is 11.8 Å². The average molecular weight is 255 g/mol. The Morgan fingerprint density at radius 1 is 1.26 bits per heavy atom. The van der Waals surface area contributed by atoms with Gasteiger partial charge >= 0.3 is 0 Å². The second-order valence-electron chi connectivity index (χ2n) is 4.28. The van der Waals surface area contributed by atoms with E-state index >= 15 is 0 Å². The Labute approximate surface area is 110 Å². The molecule has 1 aliphatic heterocycles.